The van der Waals surface area contributed by atoms with Crippen molar-refractivity contribution < 1.29 is 9.15 Å². The van der Waals surface area contributed by atoms with Gasteiger partial charge in [-0.2, -0.15) is 0 Å². The van der Waals surface area contributed by atoms with Crippen molar-refractivity contribution in [3.8, 4) is 5.75 Å². The summed E-state index contributed by atoms with van der Waals surface area (Å²) in [6.45, 7) is 1.06. The van der Waals surface area contributed by atoms with Gasteiger partial charge in [0.15, 0.2) is 0 Å². The first kappa shape index (κ1) is 12.2. The summed E-state index contributed by atoms with van der Waals surface area (Å²) in [6, 6.07) is 8.32. The Bertz CT molecular complexity index is 527. The molecule has 1 N–H and O–H groups in total. The molecule has 1 fully saturated rings. The molecule has 0 amide bonds. The Labute approximate surface area is 112 Å². The Morgan fingerprint density at radius 3 is 2.89 bits per heavy atom. The molecule has 0 aliphatic carbocycles. The van der Waals surface area contributed by atoms with Gasteiger partial charge in [0, 0.05) is 6.42 Å². The van der Waals surface area contributed by atoms with Gasteiger partial charge in [-0.15, -0.1) is 0 Å². The normalized spacial score (nSPS) is 18.7. The van der Waals surface area contributed by atoms with Crippen LogP contribution >= 0.6 is 0 Å². The molecule has 19 heavy (non-hydrogen) atoms. The molecule has 4 heteroatoms. The van der Waals surface area contributed by atoms with E-state index in [-0.39, 0.29) is 0 Å². The molecule has 2 heterocycles. The van der Waals surface area contributed by atoms with Crippen LogP contribution in [-0.4, -0.2) is 18.6 Å². The third kappa shape index (κ3) is 2.79. The number of oxazole rings is 1. The first-order chi connectivity index (χ1) is 9.35. The van der Waals surface area contributed by atoms with Crippen molar-refractivity contribution in [1.82, 2.24) is 10.3 Å². The minimum absolute atomic E-state index is 0.296. The average Bonchev–Trinajstić information content (AvgIpc) is 3.10. The highest BCUT2D eigenvalue weighted by molar-refractivity contribution is 5.29. The van der Waals surface area contributed by atoms with Crippen molar-refractivity contribution in [2.24, 2.45) is 0 Å². The minimum Gasteiger partial charge on any atom is -0.497 e. The predicted octanol–water partition coefficient (Wildman–Crippen LogP) is 2.70. The van der Waals surface area contributed by atoms with Gasteiger partial charge in [0.1, 0.15) is 11.5 Å². The monoisotopic (exact) mass is 258 g/mol. The largest absolute Gasteiger partial charge is 0.497 e. The Balaban J connectivity index is 1.68. The van der Waals surface area contributed by atoms with Gasteiger partial charge in [0.25, 0.3) is 0 Å². The van der Waals surface area contributed by atoms with E-state index in [9.17, 15) is 0 Å². The Kier molecular flexibility index (Phi) is 3.51. The summed E-state index contributed by atoms with van der Waals surface area (Å²) in [6.07, 6.45) is 4.91. The molecule has 0 saturated carbocycles. The van der Waals surface area contributed by atoms with Crippen LogP contribution in [0.1, 0.15) is 36.1 Å². The lowest BCUT2D eigenvalue weighted by atomic mass is 10.1. The number of hydrogen-bond acceptors (Lipinski definition) is 4. The number of ether oxygens (including phenoxy) is 1. The van der Waals surface area contributed by atoms with Gasteiger partial charge in [-0.3, -0.25) is 0 Å². The van der Waals surface area contributed by atoms with E-state index in [4.69, 9.17) is 9.15 Å². The second kappa shape index (κ2) is 5.45. The summed E-state index contributed by atoms with van der Waals surface area (Å²) >= 11 is 0. The molecular weight excluding hydrogens is 240 g/mol. The second-order valence-corrected chi connectivity index (χ2v) is 4.84. The van der Waals surface area contributed by atoms with Crippen molar-refractivity contribution in [2.45, 2.75) is 25.3 Å². The Morgan fingerprint density at radius 1 is 1.37 bits per heavy atom. The van der Waals surface area contributed by atoms with Crippen molar-refractivity contribution >= 4 is 0 Å². The highest BCUT2D eigenvalue weighted by Gasteiger charge is 2.20. The molecule has 1 aliphatic rings. The van der Waals surface area contributed by atoms with E-state index >= 15 is 0 Å². The number of hydrogen-bond donors (Lipinski definition) is 1. The fourth-order valence-corrected chi connectivity index (χ4v) is 2.41. The summed E-state index contributed by atoms with van der Waals surface area (Å²) in [5, 5.41) is 3.39. The standard InChI is InChI=1S/C15H18N2O2/c1-18-12-6-4-11(5-7-12)9-13-10-17-15(19-13)14-3-2-8-16-14/h4-7,10,14,16H,2-3,8-9H2,1H3/t14-/m0/s1. The molecule has 100 valence electrons. The van der Waals surface area contributed by atoms with Gasteiger partial charge in [-0.1, -0.05) is 12.1 Å². The number of nitrogens with zero attached hydrogens (tertiary/aromatic N) is 1. The van der Waals surface area contributed by atoms with Crippen LogP contribution in [-0.2, 0) is 6.42 Å². The van der Waals surface area contributed by atoms with Crippen molar-refractivity contribution in [3.63, 3.8) is 0 Å². The fourth-order valence-electron chi connectivity index (χ4n) is 2.41. The number of benzene rings is 1. The molecular formula is C15H18N2O2. The van der Waals surface area contributed by atoms with Crippen LogP contribution in [0.4, 0.5) is 0 Å². The van der Waals surface area contributed by atoms with Crippen LogP contribution in [0.5, 0.6) is 5.75 Å². The summed E-state index contributed by atoms with van der Waals surface area (Å²) in [4.78, 5) is 4.37. The number of rotatable bonds is 4. The highest BCUT2D eigenvalue weighted by Crippen LogP contribution is 2.23. The maximum Gasteiger partial charge on any atom is 0.211 e. The SMILES string of the molecule is COc1ccc(Cc2cnc([C@@H]3CCCN3)o2)cc1. The van der Waals surface area contributed by atoms with Crippen molar-refractivity contribution in [3.05, 3.63) is 47.7 Å². The third-order valence-corrected chi connectivity index (χ3v) is 3.47. The van der Waals surface area contributed by atoms with E-state index in [1.807, 2.05) is 18.3 Å². The third-order valence-electron chi connectivity index (χ3n) is 3.47. The smallest absolute Gasteiger partial charge is 0.211 e. The molecule has 1 saturated heterocycles. The number of aromatic nitrogens is 1. The molecule has 0 bridgehead atoms. The van der Waals surface area contributed by atoms with Gasteiger partial charge in [-0.25, -0.2) is 4.98 Å². The molecule has 3 rings (SSSR count). The lowest BCUT2D eigenvalue weighted by Gasteiger charge is -2.04. The van der Waals surface area contributed by atoms with Crippen LogP contribution in [0.2, 0.25) is 0 Å². The van der Waals surface area contributed by atoms with Crippen LogP contribution in [0.3, 0.4) is 0 Å². The topological polar surface area (TPSA) is 47.3 Å². The Morgan fingerprint density at radius 2 is 2.21 bits per heavy atom. The van der Waals surface area contributed by atoms with Gasteiger partial charge in [-0.05, 0) is 37.1 Å². The van der Waals surface area contributed by atoms with Crippen LogP contribution in [0, 0.1) is 0 Å². The molecule has 1 aromatic carbocycles. The molecule has 0 radical (unpaired) electrons. The van der Waals surface area contributed by atoms with E-state index in [1.54, 1.807) is 7.11 Å². The summed E-state index contributed by atoms with van der Waals surface area (Å²) in [7, 11) is 1.67. The molecule has 0 spiro atoms. The zero-order valence-electron chi connectivity index (χ0n) is 11.1. The van der Waals surface area contributed by atoms with E-state index in [0.717, 1.165) is 36.8 Å². The van der Waals surface area contributed by atoms with Gasteiger partial charge >= 0.3 is 0 Å². The molecule has 1 atom stereocenters. The summed E-state index contributed by atoms with van der Waals surface area (Å²) in [5.41, 5.74) is 1.20. The predicted molar refractivity (Wildman–Crippen MR) is 72.3 cm³/mol. The molecule has 1 aliphatic heterocycles. The highest BCUT2D eigenvalue weighted by atomic mass is 16.5. The summed E-state index contributed by atoms with van der Waals surface area (Å²) < 4.78 is 11.0. The molecule has 1 aromatic heterocycles. The average molecular weight is 258 g/mol. The van der Waals surface area contributed by atoms with Gasteiger partial charge in [0.05, 0.1) is 19.3 Å². The lowest BCUT2D eigenvalue weighted by Crippen LogP contribution is -2.12. The lowest BCUT2D eigenvalue weighted by molar-refractivity contribution is 0.408. The van der Waals surface area contributed by atoms with Crippen molar-refractivity contribution in [1.29, 1.82) is 0 Å². The van der Waals surface area contributed by atoms with Gasteiger partial charge < -0.3 is 14.5 Å². The quantitative estimate of drug-likeness (QED) is 0.916. The summed E-state index contributed by atoms with van der Waals surface area (Å²) in [5.74, 6) is 2.60. The minimum atomic E-state index is 0.296. The van der Waals surface area contributed by atoms with Crippen LogP contribution in [0.15, 0.2) is 34.9 Å². The first-order valence-corrected chi connectivity index (χ1v) is 6.66. The van der Waals surface area contributed by atoms with Crippen LogP contribution in [0.25, 0.3) is 0 Å². The molecule has 4 nitrogen and oxygen atoms in total. The first-order valence-electron chi connectivity index (χ1n) is 6.66. The van der Waals surface area contributed by atoms with E-state index < -0.39 is 0 Å². The number of methoxy groups -OCH3 is 1. The zero-order valence-corrected chi connectivity index (χ0v) is 11.1. The second-order valence-electron chi connectivity index (χ2n) is 4.84. The molecule has 0 unspecified atom stereocenters. The van der Waals surface area contributed by atoms with E-state index in [0.29, 0.717) is 6.04 Å². The van der Waals surface area contributed by atoms with E-state index in [1.165, 1.54) is 12.0 Å². The number of nitrogens with one attached hydrogen (secondary N) is 1. The van der Waals surface area contributed by atoms with Crippen molar-refractivity contribution in [2.75, 3.05) is 13.7 Å². The van der Waals surface area contributed by atoms with E-state index in [2.05, 4.69) is 22.4 Å². The molecule has 2 aromatic rings. The maximum atomic E-state index is 5.82. The maximum absolute atomic E-state index is 5.82. The zero-order chi connectivity index (χ0) is 13.1. The van der Waals surface area contributed by atoms with Gasteiger partial charge in [0.2, 0.25) is 5.89 Å². The fraction of sp³-hybridized carbons (Fsp3) is 0.400. The Hall–Kier alpha value is -1.81. The van der Waals surface area contributed by atoms with Crippen LogP contribution < -0.4 is 10.1 Å².